The maximum atomic E-state index is 12.4. The van der Waals surface area contributed by atoms with E-state index in [0.717, 1.165) is 18.4 Å². The molecule has 164 valence electrons. The van der Waals surface area contributed by atoms with Crippen molar-refractivity contribution in [2.45, 2.75) is 44.8 Å². The normalized spacial score (nSPS) is 15.8. The number of carboxylic acid groups (broad SMARTS) is 1. The van der Waals surface area contributed by atoms with Crippen molar-refractivity contribution in [1.29, 1.82) is 0 Å². The second-order valence-corrected chi connectivity index (χ2v) is 8.14. The molecule has 0 radical (unpaired) electrons. The van der Waals surface area contributed by atoms with Crippen LogP contribution >= 0.6 is 0 Å². The highest BCUT2D eigenvalue weighted by molar-refractivity contribution is 5.95. The van der Waals surface area contributed by atoms with Crippen LogP contribution in [0.5, 0.6) is 0 Å². The van der Waals surface area contributed by atoms with E-state index >= 15 is 0 Å². The Morgan fingerprint density at radius 1 is 0.844 bits per heavy atom. The molecule has 3 aromatic rings. The highest BCUT2D eigenvalue weighted by Crippen LogP contribution is 2.34. The molecule has 1 unspecified atom stereocenters. The van der Waals surface area contributed by atoms with Crippen LogP contribution in [0.1, 0.15) is 67.5 Å². The molecule has 2 aliphatic rings. The fourth-order valence-electron chi connectivity index (χ4n) is 4.38. The quantitative estimate of drug-likeness (QED) is 0.576. The van der Waals surface area contributed by atoms with E-state index in [1.807, 2.05) is 24.3 Å². The van der Waals surface area contributed by atoms with Crippen LogP contribution in [-0.4, -0.2) is 22.2 Å². The summed E-state index contributed by atoms with van der Waals surface area (Å²) < 4.78 is 5.54. The highest BCUT2D eigenvalue weighted by Gasteiger charge is 2.26. The van der Waals surface area contributed by atoms with E-state index < -0.39 is 11.9 Å². The van der Waals surface area contributed by atoms with Gasteiger partial charge in [0.1, 0.15) is 6.10 Å². The SMILES string of the molecule is O=C(O)c1cc(CO)cc(C(=O)OC2CCc3ccccc32)c1.c1ccc2c(c1)CCC2. The number of ether oxygens (including phenoxy) is 1. The third kappa shape index (κ3) is 4.89. The summed E-state index contributed by atoms with van der Waals surface area (Å²) in [5, 5.41) is 18.3. The van der Waals surface area contributed by atoms with Crippen LogP contribution in [0.25, 0.3) is 0 Å². The molecule has 2 aliphatic carbocycles. The van der Waals surface area contributed by atoms with Gasteiger partial charge >= 0.3 is 11.9 Å². The van der Waals surface area contributed by atoms with Crippen LogP contribution in [0.4, 0.5) is 0 Å². The minimum Gasteiger partial charge on any atom is -0.478 e. The van der Waals surface area contributed by atoms with Gasteiger partial charge in [-0.25, -0.2) is 9.59 Å². The lowest BCUT2D eigenvalue weighted by atomic mass is 10.1. The summed E-state index contributed by atoms with van der Waals surface area (Å²) in [7, 11) is 0. The Kier molecular flexibility index (Phi) is 6.66. The Morgan fingerprint density at radius 2 is 1.47 bits per heavy atom. The largest absolute Gasteiger partial charge is 0.478 e. The van der Waals surface area contributed by atoms with Crippen LogP contribution < -0.4 is 0 Å². The summed E-state index contributed by atoms with van der Waals surface area (Å²) in [4.78, 5) is 23.5. The molecule has 0 spiro atoms. The molecule has 5 rings (SSSR count). The molecule has 2 N–H and O–H groups in total. The summed E-state index contributed by atoms with van der Waals surface area (Å²) in [5.74, 6) is -1.73. The van der Waals surface area contributed by atoms with Crippen molar-refractivity contribution in [3.8, 4) is 0 Å². The molecular formula is C27H26O5. The number of hydrogen-bond donors (Lipinski definition) is 2. The molecule has 3 aromatic carbocycles. The number of aliphatic hydroxyl groups excluding tert-OH is 1. The van der Waals surface area contributed by atoms with Gasteiger partial charge in [-0.1, -0.05) is 48.5 Å². The van der Waals surface area contributed by atoms with E-state index in [-0.39, 0.29) is 23.8 Å². The maximum absolute atomic E-state index is 12.4. The van der Waals surface area contributed by atoms with Gasteiger partial charge in [0.2, 0.25) is 0 Å². The standard InChI is InChI=1S/C18H16O5.C9H10/c19-10-11-7-13(17(20)21)9-14(8-11)18(22)23-16-6-5-12-3-1-2-4-15(12)16;1-2-5-9-7-3-6-8(9)4-1/h1-4,7-9,16,19H,5-6,10H2,(H,20,21);1-2,4-5H,3,6-7H2. The lowest BCUT2D eigenvalue weighted by Gasteiger charge is -2.14. The number of rotatable bonds is 4. The van der Waals surface area contributed by atoms with E-state index in [2.05, 4.69) is 24.3 Å². The van der Waals surface area contributed by atoms with Crippen molar-refractivity contribution in [3.05, 3.63) is 106 Å². The van der Waals surface area contributed by atoms with Gasteiger partial charge in [0.25, 0.3) is 0 Å². The number of hydrogen-bond acceptors (Lipinski definition) is 4. The zero-order chi connectivity index (χ0) is 22.5. The third-order valence-electron chi connectivity index (χ3n) is 6.00. The molecule has 5 heteroatoms. The molecule has 0 amide bonds. The Labute approximate surface area is 187 Å². The Morgan fingerprint density at radius 3 is 2.12 bits per heavy atom. The summed E-state index contributed by atoms with van der Waals surface area (Å²) in [6.45, 7) is -0.340. The Hall–Kier alpha value is -3.44. The average Bonchev–Trinajstić information content (AvgIpc) is 3.46. The highest BCUT2D eigenvalue weighted by atomic mass is 16.5. The lowest BCUT2D eigenvalue weighted by molar-refractivity contribution is 0.0301. The fourth-order valence-corrected chi connectivity index (χ4v) is 4.38. The number of aromatic carboxylic acids is 1. The number of aryl methyl sites for hydroxylation is 3. The molecule has 0 fully saturated rings. The molecule has 5 nitrogen and oxygen atoms in total. The van der Waals surface area contributed by atoms with Crippen molar-refractivity contribution >= 4 is 11.9 Å². The molecule has 0 saturated carbocycles. The van der Waals surface area contributed by atoms with Gasteiger partial charge in [0.15, 0.2) is 0 Å². The van der Waals surface area contributed by atoms with Crippen LogP contribution in [0.3, 0.4) is 0 Å². The van der Waals surface area contributed by atoms with E-state index in [1.54, 1.807) is 11.1 Å². The first-order valence-corrected chi connectivity index (χ1v) is 10.9. The van der Waals surface area contributed by atoms with Crippen LogP contribution in [-0.2, 0) is 30.6 Å². The van der Waals surface area contributed by atoms with Gasteiger partial charge in [0, 0.05) is 0 Å². The average molecular weight is 431 g/mol. The first kappa shape index (κ1) is 21.8. The summed E-state index contributed by atoms with van der Waals surface area (Å²) in [5.41, 5.74) is 5.76. The number of carbonyl (C=O) groups is 2. The van der Waals surface area contributed by atoms with Crippen molar-refractivity contribution in [1.82, 2.24) is 0 Å². The lowest BCUT2D eigenvalue weighted by Crippen LogP contribution is -2.11. The number of fused-ring (bicyclic) bond motifs is 2. The van der Waals surface area contributed by atoms with Gasteiger partial charge < -0.3 is 14.9 Å². The second kappa shape index (κ2) is 9.79. The zero-order valence-electron chi connectivity index (χ0n) is 17.8. The molecule has 0 saturated heterocycles. The predicted molar refractivity (Wildman–Crippen MR) is 121 cm³/mol. The van der Waals surface area contributed by atoms with Crippen LogP contribution in [0.2, 0.25) is 0 Å². The smallest absolute Gasteiger partial charge is 0.338 e. The topological polar surface area (TPSA) is 83.8 Å². The van der Waals surface area contributed by atoms with Crippen LogP contribution in [0.15, 0.2) is 66.7 Å². The predicted octanol–water partition coefficient (Wildman–Crippen LogP) is 4.90. The third-order valence-corrected chi connectivity index (χ3v) is 6.00. The van der Waals surface area contributed by atoms with Crippen molar-refractivity contribution in [3.63, 3.8) is 0 Å². The summed E-state index contributed by atoms with van der Waals surface area (Å²) in [6, 6.07) is 20.6. The molecule has 32 heavy (non-hydrogen) atoms. The van der Waals surface area contributed by atoms with Crippen LogP contribution in [0, 0.1) is 0 Å². The fraction of sp³-hybridized carbons (Fsp3) is 0.259. The van der Waals surface area contributed by atoms with E-state index in [0.29, 0.717) is 5.56 Å². The molecule has 0 heterocycles. The number of carbonyl (C=O) groups excluding carboxylic acids is 1. The molecule has 0 aromatic heterocycles. The minimum absolute atomic E-state index is 0.0460. The number of carboxylic acids is 1. The monoisotopic (exact) mass is 430 g/mol. The number of benzene rings is 3. The number of esters is 1. The second-order valence-electron chi connectivity index (χ2n) is 8.14. The van der Waals surface area contributed by atoms with E-state index in [4.69, 9.17) is 9.84 Å². The Balaban J connectivity index is 0.000000225. The first-order valence-electron chi connectivity index (χ1n) is 10.9. The molecular weight excluding hydrogens is 404 g/mol. The summed E-state index contributed by atoms with van der Waals surface area (Å²) in [6.07, 6.45) is 5.22. The van der Waals surface area contributed by atoms with Gasteiger partial charge in [-0.05, 0) is 78.1 Å². The van der Waals surface area contributed by atoms with Gasteiger partial charge in [-0.15, -0.1) is 0 Å². The number of aliphatic hydroxyl groups is 1. The van der Waals surface area contributed by atoms with E-state index in [1.165, 1.54) is 43.0 Å². The van der Waals surface area contributed by atoms with Crippen molar-refractivity contribution in [2.24, 2.45) is 0 Å². The van der Waals surface area contributed by atoms with E-state index in [9.17, 15) is 14.7 Å². The van der Waals surface area contributed by atoms with Crippen molar-refractivity contribution < 1.29 is 24.5 Å². The van der Waals surface area contributed by atoms with Gasteiger partial charge in [0.05, 0.1) is 17.7 Å². The minimum atomic E-state index is -1.15. The molecule has 0 bridgehead atoms. The maximum Gasteiger partial charge on any atom is 0.338 e. The molecule has 1 atom stereocenters. The Bertz CT molecular complexity index is 1110. The van der Waals surface area contributed by atoms with Gasteiger partial charge in [-0.3, -0.25) is 0 Å². The zero-order valence-corrected chi connectivity index (χ0v) is 17.8. The van der Waals surface area contributed by atoms with Gasteiger partial charge in [-0.2, -0.15) is 0 Å². The molecule has 0 aliphatic heterocycles. The van der Waals surface area contributed by atoms with Crippen molar-refractivity contribution in [2.75, 3.05) is 0 Å². The first-order chi connectivity index (χ1) is 15.5. The summed E-state index contributed by atoms with van der Waals surface area (Å²) >= 11 is 0.